The van der Waals surface area contributed by atoms with E-state index in [1.54, 1.807) is 30.3 Å². The van der Waals surface area contributed by atoms with E-state index in [1.165, 1.54) is 17.8 Å². The lowest BCUT2D eigenvalue weighted by molar-refractivity contribution is -0.384. The smallest absolute Gasteiger partial charge is 0.293 e. The van der Waals surface area contributed by atoms with Crippen LogP contribution in [0.15, 0.2) is 41.3 Å². The fourth-order valence-corrected chi connectivity index (χ4v) is 3.25. The summed E-state index contributed by atoms with van der Waals surface area (Å²) in [5, 5.41) is 12.1. The lowest BCUT2D eigenvalue weighted by atomic mass is 10.2. The standard InChI is InChI=1S/C13H11Cl2N3O2S/c14-9-4-5-10(15)12(6-9)21-7-8-2-1-3-11(18(19)20)13(8)17-16/h1-6,17H,7,16H2. The summed E-state index contributed by atoms with van der Waals surface area (Å²) in [4.78, 5) is 11.3. The van der Waals surface area contributed by atoms with Crippen LogP contribution in [0.2, 0.25) is 10.0 Å². The van der Waals surface area contributed by atoms with Crippen molar-refractivity contribution >= 4 is 46.3 Å². The molecule has 21 heavy (non-hydrogen) atoms. The number of hydrazine groups is 1. The summed E-state index contributed by atoms with van der Waals surface area (Å²) in [5.74, 6) is 5.87. The Hall–Kier alpha value is -1.47. The molecule has 0 heterocycles. The second-order valence-electron chi connectivity index (χ2n) is 4.08. The first kappa shape index (κ1) is 15.9. The van der Waals surface area contributed by atoms with Crippen molar-refractivity contribution in [3.63, 3.8) is 0 Å². The maximum absolute atomic E-state index is 11.0. The van der Waals surface area contributed by atoms with E-state index in [0.717, 1.165) is 4.90 Å². The molecule has 0 aromatic heterocycles. The summed E-state index contributed by atoms with van der Waals surface area (Å²) in [6.45, 7) is 0. The number of thioether (sulfide) groups is 1. The summed E-state index contributed by atoms with van der Waals surface area (Å²) in [6, 6.07) is 9.95. The molecule has 0 aliphatic heterocycles. The van der Waals surface area contributed by atoms with E-state index in [9.17, 15) is 10.1 Å². The van der Waals surface area contributed by atoms with Crippen LogP contribution in [0.5, 0.6) is 0 Å². The lowest BCUT2D eigenvalue weighted by Crippen LogP contribution is -2.11. The summed E-state index contributed by atoms with van der Waals surface area (Å²) in [6.07, 6.45) is 0. The van der Waals surface area contributed by atoms with E-state index in [-0.39, 0.29) is 5.69 Å². The SMILES string of the molecule is NNc1c(CSc2cc(Cl)ccc2Cl)cccc1[N+](=O)[O-]. The van der Waals surface area contributed by atoms with E-state index in [1.807, 2.05) is 0 Å². The Kier molecular flexibility index (Phi) is 5.30. The maximum atomic E-state index is 11.0. The average Bonchev–Trinajstić information content (AvgIpc) is 2.47. The van der Waals surface area contributed by atoms with Gasteiger partial charge in [0.05, 0.1) is 9.95 Å². The highest BCUT2D eigenvalue weighted by Gasteiger charge is 2.16. The topological polar surface area (TPSA) is 81.2 Å². The van der Waals surface area contributed by atoms with Gasteiger partial charge in [-0.25, -0.2) is 0 Å². The minimum absolute atomic E-state index is 0.0622. The third-order valence-corrected chi connectivity index (χ3v) is 4.53. The van der Waals surface area contributed by atoms with Crippen molar-refractivity contribution in [1.29, 1.82) is 0 Å². The van der Waals surface area contributed by atoms with Gasteiger partial charge in [0.1, 0.15) is 5.69 Å². The Morgan fingerprint density at radius 2 is 2.05 bits per heavy atom. The molecule has 0 spiro atoms. The van der Waals surface area contributed by atoms with Crippen molar-refractivity contribution < 1.29 is 4.92 Å². The average molecular weight is 344 g/mol. The molecule has 0 atom stereocenters. The number of nitrogens with one attached hydrogen (secondary N) is 1. The van der Waals surface area contributed by atoms with Crippen LogP contribution in [0.25, 0.3) is 0 Å². The van der Waals surface area contributed by atoms with E-state index < -0.39 is 4.92 Å². The lowest BCUT2D eigenvalue weighted by Gasteiger charge is -2.10. The van der Waals surface area contributed by atoms with Crippen molar-refractivity contribution in [2.24, 2.45) is 5.84 Å². The first-order valence-corrected chi connectivity index (χ1v) is 7.58. The molecule has 0 aliphatic rings. The second-order valence-corrected chi connectivity index (χ2v) is 5.94. The number of nitrogens with zero attached hydrogens (tertiary/aromatic N) is 1. The van der Waals surface area contributed by atoms with Crippen LogP contribution in [0, 0.1) is 10.1 Å². The van der Waals surface area contributed by atoms with Crippen LogP contribution in [0.4, 0.5) is 11.4 Å². The number of nitro groups is 1. The number of nitrogens with two attached hydrogens (primary N) is 1. The second kappa shape index (κ2) is 7.00. The van der Waals surface area contributed by atoms with Gasteiger partial charge in [-0.05, 0) is 23.8 Å². The molecule has 0 fully saturated rings. The molecule has 0 radical (unpaired) electrons. The van der Waals surface area contributed by atoms with Gasteiger partial charge in [-0.15, -0.1) is 11.8 Å². The van der Waals surface area contributed by atoms with Gasteiger partial charge in [-0.1, -0.05) is 35.3 Å². The molecule has 5 nitrogen and oxygen atoms in total. The number of halogens is 2. The summed E-state index contributed by atoms with van der Waals surface area (Å²) < 4.78 is 0. The molecular weight excluding hydrogens is 333 g/mol. The van der Waals surface area contributed by atoms with Gasteiger partial charge in [-0.2, -0.15) is 0 Å². The Labute approximate surface area is 135 Å². The van der Waals surface area contributed by atoms with Crippen LogP contribution in [-0.2, 0) is 5.75 Å². The Morgan fingerprint density at radius 1 is 1.29 bits per heavy atom. The third kappa shape index (κ3) is 3.79. The zero-order valence-corrected chi connectivity index (χ0v) is 13.0. The Bertz CT molecular complexity index is 682. The van der Waals surface area contributed by atoms with E-state index in [2.05, 4.69) is 5.43 Å². The van der Waals surface area contributed by atoms with Crippen molar-refractivity contribution in [1.82, 2.24) is 0 Å². The highest BCUT2D eigenvalue weighted by Crippen LogP contribution is 2.35. The molecule has 0 saturated carbocycles. The number of para-hydroxylation sites is 1. The van der Waals surface area contributed by atoms with Crippen LogP contribution in [0.1, 0.15) is 5.56 Å². The maximum Gasteiger partial charge on any atom is 0.293 e. The van der Waals surface area contributed by atoms with Crippen LogP contribution in [-0.4, -0.2) is 4.92 Å². The largest absolute Gasteiger partial charge is 0.318 e. The Balaban J connectivity index is 2.26. The number of nitrogen functional groups attached to an aromatic ring is 1. The van der Waals surface area contributed by atoms with Crippen LogP contribution < -0.4 is 11.3 Å². The highest BCUT2D eigenvalue weighted by molar-refractivity contribution is 7.98. The van der Waals surface area contributed by atoms with Gasteiger partial charge in [0.2, 0.25) is 0 Å². The first-order valence-electron chi connectivity index (χ1n) is 5.83. The monoisotopic (exact) mass is 343 g/mol. The van der Waals surface area contributed by atoms with Gasteiger partial charge in [0, 0.05) is 21.7 Å². The molecule has 0 bridgehead atoms. The molecule has 110 valence electrons. The first-order chi connectivity index (χ1) is 10.0. The fourth-order valence-electron chi connectivity index (χ4n) is 1.77. The van der Waals surface area contributed by atoms with E-state index in [0.29, 0.717) is 27.0 Å². The number of rotatable bonds is 5. The molecule has 3 N–H and O–H groups in total. The number of hydrogen-bond acceptors (Lipinski definition) is 5. The molecule has 2 aromatic rings. The third-order valence-electron chi connectivity index (χ3n) is 2.75. The minimum atomic E-state index is -0.476. The number of hydrogen-bond donors (Lipinski definition) is 2. The predicted molar refractivity (Wildman–Crippen MR) is 86.9 cm³/mol. The molecule has 2 aromatic carbocycles. The molecule has 0 amide bonds. The van der Waals surface area contributed by atoms with E-state index in [4.69, 9.17) is 29.0 Å². The quantitative estimate of drug-likeness (QED) is 0.362. The van der Waals surface area contributed by atoms with Crippen LogP contribution >= 0.6 is 35.0 Å². The van der Waals surface area contributed by atoms with Gasteiger partial charge in [0.15, 0.2) is 0 Å². The molecule has 0 unspecified atom stereocenters. The number of anilines is 1. The van der Waals surface area contributed by atoms with Crippen molar-refractivity contribution in [3.05, 3.63) is 62.1 Å². The summed E-state index contributed by atoms with van der Waals surface area (Å²) >= 11 is 13.4. The van der Waals surface area contributed by atoms with E-state index >= 15 is 0 Å². The fraction of sp³-hybridized carbons (Fsp3) is 0.0769. The zero-order chi connectivity index (χ0) is 15.4. The highest BCUT2D eigenvalue weighted by atomic mass is 35.5. The minimum Gasteiger partial charge on any atom is -0.318 e. The van der Waals surface area contributed by atoms with Gasteiger partial charge in [0.25, 0.3) is 5.69 Å². The zero-order valence-electron chi connectivity index (χ0n) is 10.7. The van der Waals surface area contributed by atoms with Gasteiger partial charge in [-0.3, -0.25) is 16.0 Å². The number of benzene rings is 2. The van der Waals surface area contributed by atoms with Gasteiger partial charge < -0.3 is 5.43 Å². The molecule has 0 saturated heterocycles. The van der Waals surface area contributed by atoms with Gasteiger partial charge >= 0.3 is 0 Å². The molecule has 8 heteroatoms. The van der Waals surface area contributed by atoms with Crippen molar-refractivity contribution in [2.75, 3.05) is 5.43 Å². The summed E-state index contributed by atoms with van der Waals surface area (Å²) in [7, 11) is 0. The van der Waals surface area contributed by atoms with Crippen LogP contribution in [0.3, 0.4) is 0 Å². The molecule has 2 rings (SSSR count). The normalized spacial score (nSPS) is 10.4. The molecule has 0 aliphatic carbocycles. The molecular formula is C13H11Cl2N3O2S. The van der Waals surface area contributed by atoms with Crippen molar-refractivity contribution in [2.45, 2.75) is 10.6 Å². The number of nitro benzene ring substituents is 1. The Morgan fingerprint density at radius 3 is 2.71 bits per heavy atom. The van der Waals surface area contributed by atoms with Crippen molar-refractivity contribution in [3.8, 4) is 0 Å². The summed E-state index contributed by atoms with van der Waals surface area (Å²) in [5.41, 5.74) is 3.35. The predicted octanol–water partition coefficient (Wildman–Crippen LogP) is 4.48.